The van der Waals surface area contributed by atoms with Crippen LogP contribution in [-0.2, 0) is 6.54 Å². The zero-order chi connectivity index (χ0) is 20.2. The molecule has 1 saturated heterocycles. The first-order valence-electron chi connectivity index (χ1n) is 9.70. The van der Waals surface area contributed by atoms with Gasteiger partial charge in [0.05, 0.1) is 6.54 Å². The average Bonchev–Trinajstić information content (AvgIpc) is 3.22. The molecule has 7 nitrogen and oxygen atoms in total. The van der Waals surface area contributed by atoms with Crippen LogP contribution in [0.15, 0.2) is 42.7 Å². The van der Waals surface area contributed by atoms with E-state index in [0.29, 0.717) is 30.7 Å². The molecule has 3 heterocycles. The summed E-state index contributed by atoms with van der Waals surface area (Å²) in [5.74, 6) is 1.33. The number of halogens is 1. The van der Waals surface area contributed by atoms with Crippen molar-refractivity contribution in [2.75, 3.05) is 13.1 Å². The van der Waals surface area contributed by atoms with Gasteiger partial charge in [0.15, 0.2) is 5.82 Å². The van der Waals surface area contributed by atoms with E-state index in [1.807, 2.05) is 30.0 Å². The van der Waals surface area contributed by atoms with Crippen LogP contribution < -0.4 is 5.32 Å². The number of nitrogens with zero attached hydrogens (tertiary/aromatic N) is 4. The Hall–Kier alpha value is -3.29. The minimum atomic E-state index is -0.206. The number of aromatic amines is 1. The van der Waals surface area contributed by atoms with Crippen molar-refractivity contribution in [1.29, 1.82) is 0 Å². The first-order chi connectivity index (χ1) is 14.1. The van der Waals surface area contributed by atoms with E-state index in [1.54, 1.807) is 18.5 Å². The number of carbonyl (C=O) groups is 1. The number of benzene rings is 1. The van der Waals surface area contributed by atoms with Gasteiger partial charge >= 0.3 is 6.03 Å². The number of amides is 2. The molecule has 0 radical (unpaired) electrons. The molecule has 1 fully saturated rings. The van der Waals surface area contributed by atoms with Gasteiger partial charge in [-0.25, -0.2) is 14.2 Å². The van der Waals surface area contributed by atoms with E-state index in [-0.39, 0.29) is 18.4 Å². The fourth-order valence-corrected chi connectivity index (χ4v) is 3.77. The van der Waals surface area contributed by atoms with Crippen molar-refractivity contribution in [1.82, 2.24) is 30.4 Å². The van der Waals surface area contributed by atoms with Gasteiger partial charge in [0.2, 0.25) is 0 Å². The lowest BCUT2D eigenvalue weighted by atomic mass is 9.87. The second-order valence-electron chi connectivity index (χ2n) is 7.26. The molecule has 150 valence electrons. The second-order valence-corrected chi connectivity index (χ2v) is 7.26. The number of rotatable bonds is 4. The van der Waals surface area contributed by atoms with Crippen LogP contribution in [0.4, 0.5) is 9.18 Å². The zero-order valence-corrected chi connectivity index (χ0v) is 16.2. The standard InChI is InChI=1S/C21H23FN6O/c1-14-12-17(22)2-3-18(14)15-6-10-28(11-7-15)21(29)24-13-19-25-20(27-26-19)16-4-8-23-9-5-16/h2-5,8-9,12,15H,6-7,10-11,13H2,1H3,(H,24,29)(H,25,26,27). The molecule has 1 aliphatic heterocycles. The third kappa shape index (κ3) is 4.42. The Morgan fingerprint density at radius 1 is 1.24 bits per heavy atom. The van der Waals surface area contributed by atoms with Crippen molar-refractivity contribution < 1.29 is 9.18 Å². The monoisotopic (exact) mass is 394 g/mol. The molecule has 8 heteroatoms. The van der Waals surface area contributed by atoms with E-state index in [9.17, 15) is 9.18 Å². The maximum Gasteiger partial charge on any atom is 0.317 e. The topological polar surface area (TPSA) is 86.8 Å². The van der Waals surface area contributed by atoms with E-state index in [1.165, 1.54) is 11.6 Å². The summed E-state index contributed by atoms with van der Waals surface area (Å²) in [7, 11) is 0. The van der Waals surface area contributed by atoms with Crippen molar-refractivity contribution in [3.05, 3.63) is 65.5 Å². The second kappa shape index (κ2) is 8.38. The average molecular weight is 394 g/mol. The van der Waals surface area contributed by atoms with Gasteiger partial charge in [-0.05, 0) is 61.1 Å². The Morgan fingerprint density at radius 3 is 2.72 bits per heavy atom. The van der Waals surface area contributed by atoms with Gasteiger partial charge in [0, 0.05) is 31.0 Å². The lowest BCUT2D eigenvalue weighted by Gasteiger charge is -2.32. The third-order valence-electron chi connectivity index (χ3n) is 5.33. The highest BCUT2D eigenvalue weighted by molar-refractivity contribution is 5.74. The first-order valence-corrected chi connectivity index (χ1v) is 9.70. The summed E-state index contributed by atoms with van der Waals surface area (Å²) in [6.07, 6.45) is 5.11. The van der Waals surface area contributed by atoms with E-state index in [4.69, 9.17) is 0 Å². The Balaban J connectivity index is 1.29. The number of hydrogen-bond acceptors (Lipinski definition) is 4. The molecule has 2 amide bonds. The normalized spacial score (nSPS) is 14.8. The first kappa shape index (κ1) is 19.0. The lowest BCUT2D eigenvalue weighted by Crippen LogP contribution is -2.44. The predicted octanol–water partition coefficient (Wildman–Crippen LogP) is 3.40. The van der Waals surface area contributed by atoms with Gasteiger partial charge in [-0.1, -0.05) is 6.07 Å². The Kier molecular flexibility index (Phi) is 5.50. The Morgan fingerprint density at radius 2 is 2.00 bits per heavy atom. The van der Waals surface area contributed by atoms with E-state index < -0.39 is 0 Å². The minimum Gasteiger partial charge on any atom is -0.331 e. The van der Waals surface area contributed by atoms with Gasteiger partial charge in [-0.15, -0.1) is 0 Å². The maximum atomic E-state index is 13.3. The molecule has 3 aromatic rings. The van der Waals surface area contributed by atoms with Crippen LogP contribution in [0, 0.1) is 12.7 Å². The molecular weight excluding hydrogens is 371 g/mol. The number of H-pyrrole nitrogens is 1. The summed E-state index contributed by atoms with van der Waals surface area (Å²) in [5.41, 5.74) is 3.02. The fourth-order valence-electron chi connectivity index (χ4n) is 3.77. The summed E-state index contributed by atoms with van der Waals surface area (Å²) in [5, 5.41) is 9.93. The number of pyridine rings is 1. The molecule has 1 aromatic carbocycles. The van der Waals surface area contributed by atoms with Gasteiger partial charge in [-0.3, -0.25) is 10.1 Å². The Labute approximate surface area is 168 Å². The highest BCUT2D eigenvalue weighted by Gasteiger charge is 2.24. The number of urea groups is 1. The minimum absolute atomic E-state index is 0.110. The van der Waals surface area contributed by atoms with Crippen LogP contribution in [0.1, 0.15) is 35.7 Å². The van der Waals surface area contributed by atoms with Gasteiger partial charge in [0.25, 0.3) is 0 Å². The third-order valence-corrected chi connectivity index (χ3v) is 5.33. The summed E-state index contributed by atoms with van der Waals surface area (Å²) in [6.45, 7) is 3.57. The van der Waals surface area contributed by atoms with Crippen LogP contribution in [0.5, 0.6) is 0 Å². The number of likely N-dealkylation sites (tertiary alicyclic amines) is 1. The molecule has 0 aliphatic carbocycles. The number of nitrogens with one attached hydrogen (secondary N) is 2. The molecule has 0 atom stereocenters. The van der Waals surface area contributed by atoms with Crippen molar-refractivity contribution >= 4 is 6.03 Å². The molecule has 0 unspecified atom stereocenters. The van der Waals surface area contributed by atoms with Crippen LogP contribution in [0.2, 0.25) is 0 Å². The number of aromatic nitrogens is 4. The van der Waals surface area contributed by atoms with Gasteiger partial charge < -0.3 is 10.2 Å². The summed E-state index contributed by atoms with van der Waals surface area (Å²) >= 11 is 0. The smallest absolute Gasteiger partial charge is 0.317 e. The van der Waals surface area contributed by atoms with Crippen LogP contribution in [-0.4, -0.2) is 44.2 Å². The number of piperidine rings is 1. The van der Waals surface area contributed by atoms with Crippen LogP contribution >= 0.6 is 0 Å². The summed E-state index contributed by atoms with van der Waals surface area (Å²) < 4.78 is 13.3. The van der Waals surface area contributed by atoms with Gasteiger partial charge in [-0.2, -0.15) is 5.10 Å². The van der Waals surface area contributed by atoms with E-state index >= 15 is 0 Å². The van der Waals surface area contributed by atoms with Crippen LogP contribution in [0.25, 0.3) is 11.4 Å². The molecule has 2 N–H and O–H groups in total. The molecule has 0 saturated carbocycles. The lowest BCUT2D eigenvalue weighted by molar-refractivity contribution is 0.180. The molecule has 1 aliphatic rings. The highest BCUT2D eigenvalue weighted by Crippen LogP contribution is 2.30. The fraction of sp³-hybridized carbons (Fsp3) is 0.333. The van der Waals surface area contributed by atoms with Crippen molar-refractivity contribution in [3.63, 3.8) is 0 Å². The van der Waals surface area contributed by atoms with E-state index in [2.05, 4.69) is 25.5 Å². The van der Waals surface area contributed by atoms with Crippen molar-refractivity contribution in [3.8, 4) is 11.4 Å². The van der Waals surface area contributed by atoms with Crippen molar-refractivity contribution in [2.24, 2.45) is 0 Å². The molecule has 0 spiro atoms. The molecule has 29 heavy (non-hydrogen) atoms. The number of carbonyl (C=O) groups excluding carboxylic acids is 1. The molecule has 4 rings (SSSR count). The Bertz CT molecular complexity index is 982. The number of hydrogen-bond donors (Lipinski definition) is 2. The quantitative estimate of drug-likeness (QED) is 0.710. The largest absolute Gasteiger partial charge is 0.331 e. The number of aryl methyl sites for hydroxylation is 1. The maximum absolute atomic E-state index is 13.3. The predicted molar refractivity (Wildman–Crippen MR) is 107 cm³/mol. The van der Waals surface area contributed by atoms with Gasteiger partial charge in [0.1, 0.15) is 11.6 Å². The molecular formula is C21H23FN6O. The molecule has 2 aromatic heterocycles. The summed E-state index contributed by atoms with van der Waals surface area (Å²) in [4.78, 5) is 22.7. The zero-order valence-electron chi connectivity index (χ0n) is 16.2. The van der Waals surface area contributed by atoms with E-state index in [0.717, 1.165) is 24.0 Å². The SMILES string of the molecule is Cc1cc(F)ccc1C1CCN(C(=O)NCc2nc(-c3ccncc3)n[nH]2)CC1. The summed E-state index contributed by atoms with van der Waals surface area (Å²) in [6, 6.07) is 8.51. The molecule has 0 bridgehead atoms. The van der Waals surface area contributed by atoms with Crippen molar-refractivity contribution in [2.45, 2.75) is 32.2 Å². The highest BCUT2D eigenvalue weighted by atomic mass is 19.1. The van der Waals surface area contributed by atoms with Crippen LogP contribution in [0.3, 0.4) is 0 Å².